The summed E-state index contributed by atoms with van der Waals surface area (Å²) in [4.78, 5) is 16.7. The predicted molar refractivity (Wildman–Crippen MR) is 76.0 cm³/mol. The quantitative estimate of drug-likeness (QED) is 0.685. The Morgan fingerprint density at radius 1 is 1.14 bits per heavy atom. The molecule has 2 heterocycles. The number of benzene rings is 1. The molecular formula is C15H13N3O3. The molecule has 0 N–H and O–H groups in total. The van der Waals surface area contributed by atoms with Crippen LogP contribution in [0.3, 0.4) is 0 Å². The van der Waals surface area contributed by atoms with E-state index >= 15 is 0 Å². The number of ketones is 1. The van der Waals surface area contributed by atoms with E-state index in [0.717, 1.165) is 0 Å². The van der Waals surface area contributed by atoms with Crippen LogP contribution >= 0.6 is 0 Å². The number of carbonyl (C=O) groups is 1. The molecule has 21 heavy (non-hydrogen) atoms. The molecule has 3 aromatic rings. The van der Waals surface area contributed by atoms with Crippen LogP contribution in [-0.2, 0) is 0 Å². The van der Waals surface area contributed by atoms with Crippen LogP contribution < -0.4 is 9.47 Å². The van der Waals surface area contributed by atoms with Crippen molar-refractivity contribution in [2.24, 2.45) is 0 Å². The van der Waals surface area contributed by atoms with E-state index in [9.17, 15) is 4.79 Å². The molecule has 0 aliphatic rings. The number of fused-ring (bicyclic) bond motifs is 1. The third-order valence-electron chi connectivity index (χ3n) is 3.22. The van der Waals surface area contributed by atoms with Crippen LogP contribution in [0.1, 0.15) is 15.9 Å². The van der Waals surface area contributed by atoms with E-state index in [-0.39, 0.29) is 5.78 Å². The van der Waals surface area contributed by atoms with Crippen molar-refractivity contribution in [2.45, 2.75) is 0 Å². The normalized spacial score (nSPS) is 10.6. The third kappa shape index (κ3) is 2.20. The lowest BCUT2D eigenvalue weighted by atomic mass is 10.0. The van der Waals surface area contributed by atoms with Crippen molar-refractivity contribution in [3.63, 3.8) is 0 Å². The smallest absolute Gasteiger partial charge is 0.200 e. The summed E-state index contributed by atoms with van der Waals surface area (Å²) in [5, 5.41) is 4.14. The third-order valence-corrected chi connectivity index (χ3v) is 3.22. The Labute approximate surface area is 120 Å². The van der Waals surface area contributed by atoms with E-state index in [2.05, 4.69) is 10.1 Å². The molecule has 0 spiro atoms. The highest BCUT2D eigenvalue weighted by atomic mass is 16.5. The van der Waals surface area contributed by atoms with E-state index in [4.69, 9.17) is 9.47 Å². The second kappa shape index (κ2) is 5.24. The first-order valence-electron chi connectivity index (χ1n) is 6.28. The van der Waals surface area contributed by atoms with Gasteiger partial charge in [0.25, 0.3) is 0 Å². The number of methoxy groups -OCH3 is 2. The SMILES string of the molecule is COc1ccc(C(=O)c2cnn3ccncc23)c(OC)c1. The summed E-state index contributed by atoms with van der Waals surface area (Å²) in [6.45, 7) is 0. The Morgan fingerprint density at radius 2 is 2.00 bits per heavy atom. The molecule has 0 aliphatic heterocycles. The van der Waals surface area contributed by atoms with Crippen molar-refractivity contribution in [1.29, 1.82) is 0 Å². The molecule has 0 unspecified atom stereocenters. The molecule has 0 amide bonds. The first-order chi connectivity index (χ1) is 10.2. The maximum atomic E-state index is 12.7. The highest BCUT2D eigenvalue weighted by Crippen LogP contribution is 2.27. The largest absolute Gasteiger partial charge is 0.497 e. The van der Waals surface area contributed by atoms with Crippen molar-refractivity contribution in [3.05, 3.63) is 54.1 Å². The van der Waals surface area contributed by atoms with Gasteiger partial charge in [-0.3, -0.25) is 9.78 Å². The topological polar surface area (TPSA) is 65.7 Å². The Morgan fingerprint density at radius 3 is 2.76 bits per heavy atom. The van der Waals surface area contributed by atoms with Crippen LogP contribution in [0.25, 0.3) is 5.52 Å². The van der Waals surface area contributed by atoms with Gasteiger partial charge in [0.2, 0.25) is 5.78 Å². The molecule has 3 rings (SSSR count). The minimum Gasteiger partial charge on any atom is -0.497 e. The van der Waals surface area contributed by atoms with E-state index < -0.39 is 0 Å². The number of carbonyl (C=O) groups excluding carboxylic acids is 1. The van der Waals surface area contributed by atoms with Crippen molar-refractivity contribution >= 4 is 11.3 Å². The average molecular weight is 283 g/mol. The van der Waals surface area contributed by atoms with Crippen molar-refractivity contribution in [1.82, 2.24) is 14.6 Å². The number of hydrogen-bond donors (Lipinski definition) is 0. The fraction of sp³-hybridized carbons (Fsp3) is 0.133. The molecule has 0 radical (unpaired) electrons. The average Bonchev–Trinajstić information content (AvgIpc) is 2.97. The Bertz CT molecular complexity index is 811. The van der Waals surface area contributed by atoms with Crippen LogP contribution in [0.2, 0.25) is 0 Å². The lowest BCUT2D eigenvalue weighted by molar-refractivity contribution is 0.103. The highest BCUT2D eigenvalue weighted by Gasteiger charge is 2.19. The summed E-state index contributed by atoms with van der Waals surface area (Å²) in [5.41, 5.74) is 1.59. The fourth-order valence-electron chi connectivity index (χ4n) is 2.14. The van der Waals surface area contributed by atoms with E-state index in [0.29, 0.717) is 28.1 Å². The molecule has 106 valence electrons. The zero-order valence-electron chi connectivity index (χ0n) is 11.6. The van der Waals surface area contributed by atoms with Gasteiger partial charge in [0.05, 0.1) is 43.3 Å². The Kier molecular flexibility index (Phi) is 3.27. The van der Waals surface area contributed by atoms with Gasteiger partial charge in [-0.25, -0.2) is 4.52 Å². The molecule has 0 saturated carbocycles. The Hall–Kier alpha value is -2.89. The van der Waals surface area contributed by atoms with Gasteiger partial charge in [0, 0.05) is 18.5 Å². The van der Waals surface area contributed by atoms with Gasteiger partial charge in [0.1, 0.15) is 11.5 Å². The van der Waals surface area contributed by atoms with Crippen LogP contribution in [0.4, 0.5) is 0 Å². The number of rotatable bonds is 4. The molecule has 2 aromatic heterocycles. The minimum absolute atomic E-state index is 0.169. The highest BCUT2D eigenvalue weighted by molar-refractivity contribution is 6.14. The number of ether oxygens (including phenoxy) is 2. The standard InChI is InChI=1S/C15H13N3O3/c1-20-10-3-4-11(14(7-10)21-2)15(19)12-8-17-18-6-5-16-9-13(12)18/h3-9H,1-2H3. The number of nitrogens with zero attached hydrogens (tertiary/aromatic N) is 3. The second-order valence-electron chi connectivity index (χ2n) is 4.36. The maximum Gasteiger partial charge on any atom is 0.200 e. The van der Waals surface area contributed by atoms with E-state index in [1.807, 2.05) is 0 Å². The number of aromatic nitrogens is 3. The van der Waals surface area contributed by atoms with E-state index in [1.54, 1.807) is 48.4 Å². The molecular weight excluding hydrogens is 270 g/mol. The first-order valence-corrected chi connectivity index (χ1v) is 6.28. The van der Waals surface area contributed by atoms with Crippen molar-refractivity contribution in [2.75, 3.05) is 14.2 Å². The van der Waals surface area contributed by atoms with Crippen LogP contribution in [0, 0.1) is 0 Å². The van der Waals surface area contributed by atoms with Crippen LogP contribution in [0.5, 0.6) is 11.5 Å². The molecule has 6 nitrogen and oxygen atoms in total. The summed E-state index contributed by atoms with van der Waals surface area (Å²) in [6, 6.07) is 5.08. The predicted octanol–water partition coefficient (Wildman–Crippen LogP) is 1.98. The van der Waals surface area contributed by atoms with Gasteiger partial charge >= 0.3 is 0 Å². The van der Waals surface area contributed by atoms with Gasteiger partial charge in [-0.1, -0.05) is 0 Å². The second-order valence-corrected chi connectivity index (χ2v) is 4.36. The summed E-state index contributed by atoms with van der Waals surface area (Å²) >= 11 is 0. The summed E-state index contributed by atoms with van der Waals surface area (Å²) < 4.78 is 12.0. The lowest BCUT2D eigenvalue weighted by Gasteiger charge is -2.09. The zero-order chi connectivity index (χ0) is 14.8. The van der Waals surface area contributed by atoms with Gasteiger partial charge in [-0.05, 0) is 12.1 Å². The number of hydrogen-bond acceptors (Lipinski definition) is 5. The minimum atomic E-state index is -0.169. The summed E-state index contributed by atoms with van der Waals surface area (Å²) in [5.74, 6) is 0.921. The van der Waals surface area contributed by atoms with Gasteiger partial charge < -0.3 is 9.47 Å². The van der Waals surface area contributed by atoms with Gasteiger partial charge in [-0.2, -0.15) is 5.10 Å². The molecule has 0 aliphatic carbocycles. The monoisotopic (exact) mass is 283 g/mol. The molecule has 0 atom stereocenters. The summed E-state index contributed by atoms with van der Waals surface area (Å²) in [6.07, 6.45) is 6.44. The van der Waals surface area contributed by atoms with Crippen molar-refractivity contribution in [3.8, 4) is 11.5 Å². The first kappa shape index (κ1) is 13.1. The lowest BCUT2D eigenvalue weighted by Crippen LogP contribution is -2.04. The maximum absolute atomic E-state index is 12.7. The molecule has 1 aromatic carbocycles. The Balaban J connectivity index is 2.10. The zero-order valence-corrected chi connectivity index (χ0v) is 11.6. The molecule has 0 bridgehead atoms. The van der Waals surface area contributed by atoms with E-state index in [1.165, 1.54) is 13.3 Å². The molecule has 0 saturated heterocycles. The molecule has 0 fully saturated rings. The summed E-state index contributed by atoms with van der Waals surface area (Å²) in [7, 11) is 3.08. The van der Waals surface area contributed by atoms with Gasteiger partial charge in [0.15, 0.2) is 0 Å². The fourth-order valence-corrected chi connectivity index (χ4v) is 2.14. The van der Waals surface area contributed by atoms with Crippen molar-refractivity contribution < 1.29 is 14.3 Å². The van der Waals surface area contributed by atoms with Gasteiger partial charge in [-0.15, -0.1) is 0 Å². The van der Waals surface area contributed by atoms with Crippen LogP contribution in [-0.4, -0.2) is 34.6 Å². The van der Waals surface area contributed by atoms with Crippen LogP contribution in [0.15, 0.2) is 43.0 Å². The molecule has 6 heteroatoms.